The fraction of sp³-hybridized carbons (Fsp3) is 0.500. The molecule has 0 spiro atoms. The Morgan fingerprint density at radius 2 is 1.79 bits per heavy atom. The Morgan fingerprint density at radius 1 is 1.00 bits per heavy atom. The number of hydrogen-bond donors (Lipinski definition) is 0. The zero-order valence-electron chi connectivity index (χ0n) is 20.0. The van der Waals surface area contributed by atoms with Gasteiger partial charge in [-0.3, -0.25) is 9.59 Å². The average molecular weight is 449 g/mol. The van der Waals surface area contributed by atoms with Gasteiger partial charge in [0.2, 0.25) is 5.91 Å². The molecule has 0 aromatic heterocycles. The number of ether oxygens (including phenoxy) is 1. The van der Waals surface area contributed by atoms with Crippen molar-refractivity contribution in [2.45, 2.75) is 65.0 Å². The van der Waals surface area contributed by atoms with Crippen LogP contribution in [0.3, 0.4) is 0 Å². The van der Waals surface area contributed by atoms with Crippen molar-refractivity contribution in [1.82, 2.24) is 9.80 Å². The number of carbonyl (C=O) groups is 2. The molecular weight excluding hydrogens is 412 g/mol. The zero-order chi connectivity index (χ0) is 23.2. The van der Waals surface area contributed by atoms with Gasteiger partial charge in [-0.15, -0.1) is 0 Å². The SMILES string of the molecule is CCOC(=O)CCC(=O)N1CCc2cc(-c3ccc(CCN4CCC[C@H]4C)cc3)ccc2C1. The summed E-state index contributed by atoms with van der Waals surface area (Å²) < 4.78 is 4.93. The quantitative estimate of drug-likeness (QED) is 0.554. The first-order valence-electron chi connectivity index (χ1n) is 12.4. The minimum absolute atomic E-state index is 0.0247. The lowest BCUT2D eigenvalue weighted by Gasteiger charge is -2.29. The largest absolute Gasteiger partial charge is 0.466 e. The van der Waals surface area contributed by atoms with Gasteiger partial charge in [-0.1, -0.05) is 42.5 Å². The highest BCUT2D eigenvalue weighted by Crippen LogP contribution is 2.27. The fourth-order valence-corrected chi connectivity index (χ4v) is 5.01. The second kappa shape index (κ2) is 11.0. The Bertz CT molecular complexity index is 970. The number of rotatable bonds is 8. The van der Waals surface area contributed by atoms with Gasteiger partial charge in [0.15, 0.2) is 0 Å². The Balaban J connectivity index is 1.33. The molecule has 4 rings (SSSR count). The maximum Gasteiger partial charge on any atom is 0.306 e. The Labute approximate surface area is 197 Å². The van der Waals surface area contributed by atoms with Crippen LogP contribution in [0.4, 0.5) is 0 Å². The van der Waals surface area contributed by atoms with Crippen LogP contribution in [0.15, 0.2) is 42.5 Å². The number of fused-ring (bicyclic) bond motifs is 1. The van der Waals surface area contributed by atoms with Gasteiger partial charge in [0.25, 0.3) is 0 Å². The molecule has 0 aliphatic carbocycles. The van der Waals surface area contributed by atoms with Gasteiger partial charge >= 0.3 is 5.97 Å². The molecule has 0 unspecified atom stereocenters. The van der Waals surface area contributed by atoms with Crippen LogP contribution in [0.25, 0.3) is 11.1 Å². The van der Waals surface area contributed by atoms with Crippen molar-refractivity contribution in [3.8, 4) is 11.1 Å². The van der Waals surface area contributed by atoms with Gasteiger partial charge in [0.05, 0.1) is 13.0 Å². The maximum absolute atomic E-state index is 12.5. The molecular formula is C28H36N2O3. The van der Waals surface area contributed by atoms with E-state index >= 15 is 0 Å². The molecule has 1 atom stereocenters. The predicted molar refractivity (Wildman–Crippen MR) is 131 cm³/mol. The van der Waals surface area contributed by atoms with E-state index < -0.39 is 0 Å². The van der Waals surface area contributed by atoms with Crippen molar-refractivity contribution in [3.05, 3.63) is 59.2 Å². The lowest BCUT2D eigenvalue weighted by atomic mass is 9.94. The number of esters is 1. The van der Waals surface area contributed by atoms with E-state index in [4.69, 9.17) is 4.74 Å². The summed E-state index contributed by atoms with van der Waals surface area (Å²) >= 11 is 0. The van der Waals surface area contributed by atoms with E-state index in [1.807, 2.05) is 4.90 Å². The molecule has 1 saturated heterocycles. The summed E-state index contributed by atoms with van der Waals surface area (Å²) in [6, 6.07) is 16.3. The van der Waals surface area contributed by atoms with Gasteiger partial charge in [-0.25, -0.2) is 0 Å². The molecule has 1 fully saturated rings. The molecule has 176 valence electrons. The number of amides is 1. The molecule has 2 heterocycles. The van der Waals surface area contributed by atoms with Crippen molar-refractivity contribution in [2.75, 3.05) is 26.2 Å². The van der Waals surface area contributed by atoms with E-state index in [1.54, 1.807) is 6.92 Å². The summed E-state index contributed by atoms with van der Waals surface area (Å²) in [6.07, 6.45) is 4.99. The molecule has 0 bridgehead atoms. The molecule has 2 aromatic rings. The summed E-state index contributed by atoms with van der Waals surface area (Å²) in [7, 11) is 0. The zero-order valence-corrected chi connectivity index (χ0v) is 20.0. The van der Waals surface area contributed by atoms with Crippen molar-refractivity contribution in [2.24, 2.45) is 0 Å². The van der Waals surface area contributed by atoms with Crippen LogP contribution in [0, 0.1) is 0 Å². The minimum Gasteiger partial charge on any atom is -0.466 e. The summed E-state index contributed by atoms with van der Waals surface area (Å²) in [5.74, 6) is -0.277. The van der Waals surface area contributed by atoms with Crippen LogP contribution in [0.1, 0.15) is 56.2 Å². The van der Waals surface area contributed by atoms with Crippen LogP contribution < -0.4 is 0 Å². The molecule has 2 aromatic carbocycles. The third kappa shape index (κ3) is 6.02. The smallest absolute Gasteiger partial charge is 0.306 e. The normalized spacial score (nSPS) is 18.2. The fourth-order valence-electron chi connectivity index (χ4n) is 5.01. The van der Waals surface area contributed by atoms with Gasteiger partial charge in [0, 0.05) is 32.1 Å². The molecule has 5 heteroatoms. The maximum atomic E-state index is 12.5. The summed E-state index contributed by atoms with van der Waals surface area (Å²) in [5.41, 5.74) is 6.38. The summed E-state index contributed by atoms with van der Waals surface area (Å²) in [6.45, 7) is 8.17. The van der Waals surface area contributed by atoms with Crippen LogP contribution in [-0.4, -0.2) is 54.0 Å². The third-order valence-corrected chi connectivity index (χ3v) is 7.09. The van der Waals surface area contributed by atoms with Crippen LogP contribution in [0.2, 0.25) is 0 Å². The topological polar surface area (TPSA) is 49.9 Å². The standard InChI is InChI=1S/C28H36N2O3/c1-3-33-28(32)13-12-27(31)30-18-15-25-19-24(10-11-26(25)20-30)23-8-6-22(7-9-23)14-17-29-16-4-5-21(29)2/h6-11,19,21H,3-5,12-18,20H2,1-2H3/t21-/m1/s1. The lowest BCUT2D eigenvalue weighted by Crippen LogP contribution is -2.36. The van der Waals surface area contributed by atoms with E-state index in [2.05, 4.69) is 54.3 Å². The van der Waals surface area contributed by atoms with Crippen LogP contribution in [0.5, 0.6) is 0 Å². The van der Waals surface area contributed by atoms with Crippen LogP contribution in [-0.2, 0) is 33.7 Å². The van der Waals surface area contributed by atoms with Gasteiger partial charge in [-0.05, 0) is 73.9 Å². The van der Waals surface area contributed by atoms with E-state index in [1.165, 1.54) is 47.2 Å². The molecule has 0 radical (unpaired) electrons. The van der Waals surface area contributed by atoms with Crippen LogP contribution >= 0.6 is 0 Å². The van der Waals surface area contributed by atoms with E-state index in [-0.39, 0.29) is 24.7 Å². The first kappa shape index (κ1) is 23.5. The van der Waals surface area contributed by atoms with Crippen molar-refractivity contribution < 1.29 is 14.3 Å². The number of hydrogen-bond acceptors (Lipinski definition) is 4. The van der Waals surface area contributed by atoms with Crippen molar-refractivity contribution in [1.29, 1.82) is 0 Å². The molecule has 1 amide bonds. The predicted octanol–water partition coefficient (Wildman–Crippen LogP) is 4.61. The molecule has 0 saturated carbocycles. The van der Waals surface area contributed by atoms with E-state index in [0.29, 0.717) is 19.7 Å². The first-order valence-corrected chi connectivity index (χ1v) is 12.4. The molecule has 33 heavy (non-hydrogen) atoms. The first-order chi connectivity index (χ1) is 16.0. The lowest BCUT2D eigenvalue weighted by molar-refractivity contribution is -0.145. The highest BCUT2D eigenvalue weighted by Gasteiger charge is 2.22. The number of benzene rings is 2. The number of carbonyl (C=O) groups excluding carboxylic acids is 2. The average Bonchev–Trinajstić information content (AvgIpc) is 3.25. The molecule has 5 nitrogen and oxygen atoms in total. The molecule has 2 aliphatic heterocycles. The molecule has 2 aliphatic rings. The monoisotopic (exact) mass is 448 g/mol. The number of likely N-dealkylation sites (tertiary alicyclic amines) is 1. The van der Waals surface area contributed by atoms with Crippen molar-refractivity contribution >= 4 is 11.9 Å². The Morgan fingerprint density at radius 3 is 2.52 bits per heavy atom. The summed E-state index contributed by atoms with van der Waals surface area (Å²) in [4.78, 5) is 28.5. The van der Waals surface area contributed by atoms with Crippen molar-refractivity contribution in [3.63, 3.8) is 0 Å². The number of nitrogens with zero attached hydrogens (tertiary/aromatic N) is 2. The van der Waals surface area contributed by atoms with Gasteiger partial charge in [0.1, 0.15) is 0 Å². The highest BCUT2D eigenvalue weighted by atomic mass is 16.5. The summed E-state index contributed by atoms with van der Waals surface area (Å²) in [5, 5.41) is 0. The van der Waals surface area contributed by atoms with Gasteiger partial charge < -0.3 is 14.5 Å². The second-order valence-corrected chi connectivity index (χ2v) is 9.33. The van der Waals surface area contributed by atoms with E-state index in [0.717, 1.165) is 25.4 Å². The minimum atomic E-state index is -0.301. The highest BCUT2D eigenvalue weighted by molar-refractivity contribution is 5.81. The Kier molecular flexibility index (Phi) is 7.81. The van der Waals surface area contributed by atoms with Gasteiger partial charge in [-0.2, -0.15) is 0 Å². The van der Waals surface area contributed by atoms with E-state index in [9.17, 15) is 9.59 Å². The third-order valence-electron chi connectivity index (χ3n) is 7.09. The molecule has 0 N–H and O–H groups in total. The second-order valence-electron chi connectivity index (χ2n) is 9.33. The Hall–Kier alpha value is -2.66.